The molecular formula is C22H25N5O2S. The van der Waals surface area contributed by atoms with Crippen molar-refractivity contribution >= 4 is 34.2 Å². The van der Waals surface area contributed by atoms with Crippen molar-refractivity contribution < 1.29 is 9.59 Å². The van der Waals surface area contributed by atoms with Gasteiger partial charge < -0.3 is 20.5 Å². The van der Waals surface area contributed by atoms with E-state index >= 15 is 0 Å². The zero-order valence-electron chi connectivity index (χ0n) is 16.9. The van der Waals surface area contributed by atoms with Crippen molar-refractivity contribution in [3.05, 3.63) is 52.0 Å². The number of nitrogens with one attached hydrogen (secondary N) is 3. The standard InChI is InChI=1S/C22H25N5O2S/c1-13(18-6-7-19(30-18)22(29)27-10-8-23-9-11-27)24-21(28)15-12-14(15)20-25-16-4-2-3-5-17(16)26-20/h2-7,13-15,23H,8-12H2,1H3,(H,24,28)(H,25,26)/t13-,14?,15?/m1/s1. The van der Waals surface area contributed by atoms with E-state index < -0.39 is 0 Å². The molecule has 3 aromatic rings. The van der Waals surface area contributed by atoms with Gasteiger partial charge in [-0.05, 0) is 37.6 Å². The third kappa shape index (κ3) is 3.73. The lowest BCUT2D eigenvalue weighted by atomic mass is 10.2. The Morgan fingerprint density at radius 3 is 2.80 bits per heavy atom. The fourth-order valence-electron chi connectivity index (χ4n) is 4.05. The molecule has 2 aliphatic rings. The summed E-state index contributed by atoms with van der Waals surface area (Å²) in [4.78, 5) is 37.0. The topological polar surface area (TPSA) is 90.1 Å². The predicted molar refractivity (Wildman–Crippen MR) is 117 cm³/mol. The van der Waals surface area contributed by atoms with Crippen LogP contribution in [0, 0.1) is 5.92 Å². The van der Waals surface area contributed by atoms with Crippen LogP contribution < -0.4 is 10.6 Å². The predicted octanol–water partition coefficient (Wildman–Crippen LogP) is 2.65. The maximum atomic E-state index is 12.7. The molecule has 1 aliphatic heterocycles. The molecule has 7 nitrogen and oxygen atoms in total. The molecular weight excluding hydrogens is 398 g/mol. The highest BCUT2D eigenvalue weighted by atomic mass is 32.1. The molecule has 2 fully saturated rings. The number of benzene rings is 1. The number of piperazine rings is 1. The molecule has 2 unspecified atom stereocenters. The Balaban J connectivity index is 1.19. The number of thiophene rings is 1. The van der Waals surface area contributed by atoms with Crippen LogP contribution in [-0.2, 0) is 4.79 Å². The normalized spacial score (nSPS) is 22.1. The summed E-state index contributed by atoms with van der Waals surface area (Å²) in [6.45, 7) is 5.13. The van der Waals surface area contributed by atoms with Crippen molar-refractivity contribution in [3.8, 4) is 0 Å². The van der Waals surface area contributed by atoms with Crippen LogP contribution in [0.2, 0.25) is 0 Å². The molecule has 3 heterocycles. The molecule has 1 saturated heterocycles. The van der Waals surface area contributed by atoms with E-state index in [1.807, 2.05) is 48.2 Å². The molecule has 156 valence electrons. The zero-order chi connectivity index (χ0) is 20.7. The number of hydrogen-bond acceptors (Lipinski definition) is 5. The molecule has 2 aromatic heterocycles. The van der Waals surface area contributed by atoms with Gasteiger partial charge in [0.05, 0.1) is 22.0 Å². The van der Waals surface area contributed by atoms with Gasteiger partial charge in [-0.3, -0.25) is 9.59 Å². The molecule has 5 rings (SSSR count). The van der Waals surface area contributed by atoms with E-state index in [4.69, 9.17) is 0 Å². The Bertz CT molecular complexity index is 1050. The molecule has 30 heavy (non-hydrogen) atoms. The highest BCUT2D eigenvalue weighted by Gasteiger charge is 2.46. The van der Waals surface area contributed by atoms with Crippen molar-refractivity contribution in [1.29, 1.82) is 0 Å². The van der Waals surface area contributed by atoms with Crippen molar-refractivity contribution in [2.45, 2.75) is 25.3 Å². The number of imidazole rings is 1. The number of amides is 2. The molecule has 3 atom stereocenters. The molecule has 0 radical (unpaired) electrons. The minimum atomic E-state index is -0.121. The average molecular weight is 424 g/mol. The molecule has 0 spiro atoms. The number of para-hydroxylation sites is 2. The van der Waals surface area contributed by atoms with E-state index in [0.29, 0.717) is 0 Å². The van der Waals surface area contributed by atoms with Crippen LogP contribution in [-0.4, -0.2) is 52.9 Å². The molecule has 3 N–H and O–H groups in total. The van der Waals surface area contributed by atoms with Crippen LogP contribution in [0.1, 0.15) is 45.7 Å². The van der Waals surface area contributed by atoms with Gasteiger partial charge in [-0.1, -0.05) is 12.1 Å². The van der Waals surface area contributed by atoms with Crippen LogP contribution >= 0.6 is 11.3 Å². The number of fused-ring (bicyclic) bond motifs is 1. The largest absolute Gasteiger partial charge is 0.349 e. The van der Waals surface area contributed by atoms with Crippen LogP contribution in [0.3, 0.4) is 0 Å². The molecule has 8 heteroatoms. The first kappa shape index (κ1) is 19.3. The third-order valence-electron chi connectivity index (χ3n) is 5.91. The molecule has 1 aliphatic carbocycles. The van der Waals surface area contributed by atoms with Crippen LogP contribution in [0.5, 0.6) is 0 Å². The Hall–Kier alpha value is -2.71. The van der Waals surface area contributed by atoms with Crippen molar-refractivity contribution in [1.82, 2.24) is 25.5 Å². The summed E-state index contributed by atoms with van der Waals surface area (Å²) >= 11 is 1.47. The summed E-state index contributed by atoms with van der Waals surface area (Å²) in [6.07, 6.45) is 0.815. The van der Waals surface area contributed by atoms with E-state index in [1.165, 1.54) is 11.3 Å². The van der Waals surface area contributed by atoms with Gasteiger partial charge in [0.1, 0.15) is 5.82 Å². The Kier molecular flexibility index (Phi) is 5.04. The molecule has 0 bridgehead atoms. The maximum Gasteiger partial charge on any atom is 0.264 e. The summed E-state index contributed by atoms with van der Waals surface area (Å²) < 4.78 is 0. The smallest absolute Gasteiger partial charge is 0.264 e. The van der Waals surface area contributed by atoms with E-state index in [9.17, 15) is 9.59 Å². The first-order chi connectivity index (χ1) is 14.6. The van der Waals surface area contributed by atoms with Crippen LogP contribution in [0.15, 0.2) is 36.4 Å². The molecule has 1 saturated carbocycles. The number of rotatable bonds is 5. The summed E-state index contributed by atoms with van der Waals surface area (Å²) in [5.74, 6) is 1.13. The highest BCUT2D eigenvalue weighted by molar-refractivity contribution is 7.14. The van der Waals surface area contributed by atoms with E-state index in [1.54, 1.807) is 0 Å². The van der Waals surface area contributed by atoms with Gasteiger partial charge in [0.15, 0.2) is 0 Å². The Morgan fingerprint density at radius 2 is 2.00 bits per heavy atom. The molecule has 2 amide bonds. The average Bonchev–Trinajstić information content (AvgIpc) is 3.21. The van der Waals surface area contributed by atoms with Gasteiger partial charge in [-0.2, -0.15) is 0 Å². The van der Waals surface area contributed by atoms with Gasteiger partial charge in [-0.25, -0.2) is 4.98 Å². The van der Waals surface area contributed by atoms with Crippen LogP contribution in [0.25, 0.3) is 11.0 Å². The van der Waals surface area contributed by atoms with E-state index in [0.717, 1.165) is 59.2 Å². The second kappa shape index (κ2) is 7.85. The van der Waals surface area contributed by atoms with Crippen molar-refractivity contribution in [2.75, 3.05) is 26.2 Å². The zero-order valence-corrected chi connectivity index (χ0v) is 17.7. The van der Waals surface area contributed by atoms with E-state index in [2.05, 4.69) is 20.6 Å². The number of carbonyl (C=O) groups excluding carboxylic acids is 2. The van der Waals surface area contributed by atoms with Crippen molar-refractivity contribution in [2.24, 2.45) is 5.92 Å². The van der Waals surface area contributed by atoms with E-state index in [-0.39, 0.29) is 29.7 Å². The van der Waals surface area contributed by atoms with Gasteiger partial charge >= 0.3 is 0 Å². The lowest BCUT2D eigenvalue weighted by molar-refractivity contribution is -0.123. The summed E-state index contributed by atoms with van der Waals surface area (Å²) in [5, 5.41) is 6.38. The van der Waals surface area contributed by atoms with Gasteiger partial charge in [0.2, 0.25) is 5.91 Å². The quantitative estimate of drug-likeness (QED) is 0.589. The summed E-state index contributed by atoms with van der Waals surface area (Å²) in [5.41, 5.74) is 1.94. The monoisotopic (exact) mass is 423 g/mol. The second-order valence-corrected chi connectivity index (χ2v) is 9.18. The van der Waals surface area contributed by atoms with Crippen LogP contribution in [0.4, 0.5) is 0 Å². The maximum absolute atomic E-state index is 12.7. The second-order valence-electron chi connectivity index (χ2n) is 8.06. The number of hydrogen-bond donors (Lipinski definition) is 3. The Labute approximate surface area is 178 Å². The van der Waals surface area contributed by atoms with Gasteiger partial charge in [0, 0.05) is 42.9 Å². The SMILES string of the molecule is C[C@@H](NC(=O)C1CC1c1nc2ccccc2[nH]1)c1ccc(C(=O)N2CCNCC2)s1. The lowest BCUT2D eigenvalue weighted by Crippen LogP contribution is -2.46. The number of carbonyl (C=O) groups is 2. The summed E-state index contributed by atoms with van der Waals surface area (Å²) in [6, 6.07) is 11.6. The van der Waals surface area contributed by atoms with Gasteiger partial charge in [0.25, 0.3) is 5.91 Å². The number of H-pyrrole nitrogens is 1. The fraction of sp³-hybridized carbons (Fsp3) is 0.409. The van der Waals surface area contributed by atoms with Gasteiger partial charge in [-0.15, -0.1) is 11.3 Å². The van der Waals surface area contributed by atoms with Crippen molar-refractivity contribution in [3.63, 3.8) is 0 Å². The fourth-order valence-corrected chi connectivity index (χ4v) is 5.03. The third-order valence-corrected chi connectivity index (χ3v) is 7.17. The number of nitrogens with zero attached hydrogens (tertiary/aromatic N) is 2. The number of aromatic nitrogens is 2. The molecule has 1 aromatic carbocycles. The first-order valence-electron chi connectivity index (χ1n) is 10.4. The minimum absolute atomic E-state index is 0.0464. The summed E-state index contributed by atoms with van der Waals surface area (Å²) in [7, 11) is 0. The number of aromatic amines is 1. The lowest BCUT2D eigenvalue weighted by Gasteiger charge is -2.26. The minimum Gasteiger partial charge on any atom is -0.349 e. The first-order valence-corrected chi connectivity index (χ1v) is 11.3. The highest BCUT2D eigenvalue weighted by Crippen LogP contribution is 2.47. The Morgan fingerprint density at radius 1 is 1.20 bits per heavy atom.